The lowest BCUT2D eigenvalue weighted by Crippen LogP contribution is -2.42. The summed E-state index contributed by atoms with van der Waals surface area (Å²) in [6.45, 7) is 2.73. The first kappa shape index (κ1) is 8.37. The fraction of sp³-hybridized carbons (Fsp3) is 0.875. The minimum atomic E-state index is -0.264. The molecule has 0 bridgehead atoms. The third kappa shape index (κ3) is 1.85. The Bertz CT molecular complexity index is 141. The molecular formula is C8H16N2O. The van der Waals surface area contributed by atoms with Gasteiger partial charge in [0.1, 0.15) is 0 Å². The third-order valence-corrected chi connectivity index (χ3v) is 2.39. The van der Waals surface area contributed by atoms with Crippen LogP contribution in [0.4, 0.5) is 4.79 Å². The van der Waals surface area contributed by atoms with Crippen LogP contribution in [0.25, 0.3) is 0 Å². The van der Waals surface area contributed by atoms with Crippen LogP contribution in [0.1, 0.15) is 32.6 Å². The topological polar surface area (TPSA) is 46.3 Å². The summed E-state index contributed by atoms with van der Waals surface area (Å²) in [5, 5.41) is 0. The summed E-state index contributed by atoms with van der Waals surface area (Å²) in [6.07, 6.45) is 4.76. The van der Waals surface area contributed by atoms with E-state index in [-0.39, 0.29) is 6.03 Å². The molecule has 2 amide bonds. The zero-order valence-corrected chi connectivity index (χ0v) is 7.05. The van der Waals surface area contributed by atoms with E-state index < -0.39 is 0 Å². The molecule has 1 aliphatic rings. The first-order chi connectivity index (χ1) is 5.25. The molecule has 1 saturated carbocycles. The Morgan fingerprint density at radius 3 is 2.45 bits per heavy atom. The highest BCUT2D eigenvalue weighted by molar-refractivity contribution is 5.72. The maximum absolute atomic E-state index is 10.9. The van der Waals surface area contributed by atoms with Crippen molar-refractivity contribution in [2.75, 3.05) is 6.54 Å². The molecule has 0 saturated heterocycles. The highest BCUT2D eigenvalue weighted by Gasteiger charge is 2.23. The summed E-state index contributed by atoms with van der Waals surface area (Å²) >= 11 is 0. The Labute approximate surface area is 67.5 Å². The molecule has 0 spiro atoms. The van der Waals surface area contributed by atoms with Gasteiger partial charge in [-0.05, 0) is 19.8 Å². The first-order valence-electron chi connectivity index (χ1n) is 4.31. The minimum absolute atomic E-state index is 0.264. The van der Waals surface area contributed by atoms with Crippen molar-refractivity contribution in [2.24, 2.45) is 5.73 Å². The van der Waals surface area contributed by atoms with Crippen LogP contribution in [0.2, 0.25) is 0 Å². The van der Waals surface area contributed by atoms with Crippen LogP contribution in [0.5, 0.6) is 0 Å². The van der Waals surface area contributed by atoms with E-state index in [1.807, 2.05) is 6.92 Å². The lowest BCUT2D eigenvalue weighted by Gasteiger charge is -2.25. The Balaban J connectivity index is 2.46. The van der Waals surface area contributed by atoms with E-state index in [1.165, 1.54) is 12.8 Å². The second-order valence-corrected chi connectivity index (χ2v) is 3.06. The Kier molecular flexibility index (Phi) is 2.74. The number of carbonyl (C=O) groups excluding carboxylic acids is 1. The molecule has 0 aromatic rings. The number of hydrogen-bond acceptors (Lipinski definition) is 1. The predicted octanol–water partition coefficient (Wildman–Crippen LogP) is 1.33. The quantitative estimate of drug-likeness (QED) is 0.644. The van der Waals surface area contributed by atoms with Crippen molar-refractivity contribution in [1.82, 2.24) is 4.90 Å². The number of urea groups is 1. The average Bonchev–Trinajstić information content (AvgIpc) is 2.40. The van der Waals surface area contributed by atoms with Crippen LogP contribution in [0.3, 0.4) is 0 Å². The Morgan fingerprint density at radius 2 is 2.09 bits per heavy atom. The number of hydrogen-bond donors (Lipinski definition) is 1. The molecule has 0 atom stereocenters. The maximum atomic E-state index is 10.9. The van der Waals surface area contributed by atoms with Crippen molar-refractivity contribution in [1.29, 1.82) is 0 Å². The molecule has 0 aliphatic heterocycles. The van der Waals surface area contributed by atoms with Gasteiger partial charge in [0.15, 0.2) is 0 Å². The molecule has 3 heteroatoms. The van der Waals surface area contributed by atoms with E-state index in [1.54, 1.807) is 4.90 Å². The van der Waals surface area contributed by atoms with E-state index in [2.05, 4.69) is 0 Å². The van der Waals surface area contributed by atoms with E-state index in [0.717, 1.165) is 19.4 Å². The molecule has 0 aromatic heterocycles. The fourth-order valence-electron chi connectivity index (χ4n) is 1.81. The smallest absolute Gasteiger partial charge is 0.315 e. The van der Waals surface area contributed by atoms with Crippen LogP contribution in [-0.2, 0) is 0 Å². The Hall–Kier alpha value is -0.730. The molecule has 64 valence electrons. The highest BCUT2D eigenvalue weighted by atomic mass is 16.2. The molecule has 2 N–H and O–H groups in total. The number of rotatable bonds is 2. The average molecular weight is 156 g/mol. The maximum Gasteiger partial charge on any atom is 0.315 e. The van der Waals surface area contributed by atoms with Crippen LogP contribution in [-0.4, -0.2) is 23.5 Å². The van der Waals surface area contributed by atoms with Crippen molar-refractivity contribution >= 4 is 6.03 Å². The molecule has 0 unspecified atom stereocenters. The van der Waals surface area contributed by atoms with Crippen LogP contribution < -0.4 is 5.73 Å². The number of amides is 2. The minimum Gasteiger partial charge on any atom is -0.351 e. The summed E-state index contributed by atoms with van der Waals surface area (Å²) in [6, 6.07) is 0.164. The van der Waals surface area contributed by atoms with Gasteiger partial charge in [0.2, 0.25) is 0 Å². The lowest BCUT2D eigenvalue weighted by atomic mass is 10.2. The van der Waals surface area contributed by atoms with Gasteiger partial charge in [0, 0.05) is 12.6 Å². The van der Waals surface area contributed by atoms with Gasteiger partial charge in [0.05, 0.1) is 0 Å². The van der Waals surface area contributed by atoms with Gasteiger partial charge < -0.3 is 10.6 Å². The van der Waals surface area contributed by atoms with Crippen molar-refractivity contribution in [3.8, 4) is 0 Å². The van der Waals surface area contributed by atoms with Crippen molar-refractivity contribution in [3.05, 3.63) is 0 Å². The summed E-state index contributed by atoms with van der Waals surface area (Å²) in [4.78, 5) is 12.6. The van der Waals surface area contributed by atoms with Crippen molar-refractivity contribution in [3.63, 3.8) is 0 Å². The number of carbonyl (C=O) groups is 1. The Morgan fingerprint density at radius 1 is 1.55 bits per heavy atom. The molecule has 1 rings (SSSR count). The lowest BCUT2D eigenvalue weighted by molar-refractivity contribution is 0.188. The fourth-order valence-corrected chi connectivity index (χ4v) is 1.81. The third-order valence-electron chi connectivity index (χ3n) is 2.39. The van der Waals surface area contributed by atoms with Gasteiger partial charge in [-0.1, -0.05) is 12.8 Å². The molecule has 11 heavy (non-hydrogen) atoms. The van der Waals surface area contributed by atoms with Gasteiger partial charge in [-0.3, -0.25) is 0 Å². The molecule has 1 fully saturated rings. The molecule has 3 nitrogen and oxygen atoms in total. The van der Waals surface area contributed by atoms with Gasteiger partial charge in [-0.2, -0.15) is 0 Å². The summed E-state index contributed by atoms with van der Waals surface area (Å²) in [5.74, 6) is 0. The van der Waals surface area contributed by atoms with Gasteiger partial charge in [-0.15, -0.1) is 0 Å². The van der Waals surface area contributed by atoms with Crippen LogP contribution in [0, 0.1) is 0 Å². The zero-order valence-electron chi connectivity index (χ0n) is 7.05. The standard InChI is InChI=1S/C8H16N2O/c1-2-10(8(9)11)7-5-3-4-6-7/h7H,2-6H2,1H3,(H2,9,11). The SMILES string of the molecule is CCN(C(N)=O)C1CCCC1. The second kappa shape index (κ2) is 3.60. The van der Waals surface area contributed by atoms with Crippen molar-refractivity contribution < 1.29 is 4.79 Å². The van der Waals surface area contributed by atoms with Gasteiger partial charge in [0.25, 0.3) is 0 Å². The zero-order chi connectivity index (χ0) is 8.27. The number of nitrogens with zero attached hydrogens (tertiary/aromatic N) is 1. The highest BCUT2D eigenvalue weighted by Crippen LogP contribution is 2.22. The molecular weight excluding hydrogens is 140 g/mol. The number of nitrogens with two attached hydrogens (primary N) is 1. The van der Waals surface area contributed by atoms with E-state index in [9.17, 15) is 4.79 Å². The molecule has 0 radical (unpaired) electrons. The van der Waals surface area contributed by atoms with E-state index in [0.29, 0.717) is 6.04 Å². The van der Waals surface area contributed by atoms with Gasteiger partial charge >= 0.3 is 6.03 Å². The molecule has 1 aliphatic carbocycles. The first-order valence-corrected chi connectivity index (χ1v) is 4.31. The largest absolute Gasteiger partial charge is 0.351 e. The van der Waals surface area contributed by atoms with Crippen LogP contribution >= 0.6 is 0 Å². The summed E-state index contributed by atoms with van der Waals surface area (Å²) in [5.41, 5.74) is 5.21. The van der Waals surface area contributed by atoms with Crippen molar-refractivity contribution in [2.45, 2.75) is 38.6 Å². The number of primary amides is 1. The van der Waals surface area contributed by atoms with Gasteiger partial charge in [-0.25, -0.2) is 4.79 Å². The van der Waals surface area contributed by atoms with Crippen LogP contribution in [0.15, 0.2) is 0 Å². The predicted molar refractivity (Wildman–Crippen MR) is 44.2 cm³/mol. The summed E-state index contributed by atoms with van der Waals surface area (Å²) < 4.78 is 0. The normalized spacial score (nSPS) is 18.6. The molecule has 0 aromatic carbocycles. The monoisotopic (exact) mass is 156 g/mol. The summed E-state index contributed by atoms with van der Waals surface area (Å²) in [7, 11) is 0. The van der Waals surface area contributed by atoms with E-state index >= 15 is 0 Å². The molecule has 0 heterocycles. The van der Waals surface area contributed by atoms with E-state index in [4.69, 9.17) is 5.73 Å². The second-order valence-electron chi connectivity index (χ2n) is 3.06.